The maximum absolute atomic E-state index is 12.1. The summed E-state index contributed by atoms with van der Waals surface area (Å²) in [7, 11) is -3.38. The molecule has 0 bridgehead atoms. The van der Waals surface area contributed by atoms with E-state index in [1.54, 1.807) is 26.0 Å². The molecule has 0 heterocycles. The Morgan fingerprint density at radius 3 is 2.31 bits per heavy atom. The Labute approximate surface area is 98.0 Å². The predicted molar refractivity (Wildman–Crippen MR) is 64.1 cm³/mol. The number of hydrogen-bond acceptors (Lipinski definition) is 3. The van der Waals surface area contributed by atoms with Crippen LogP contribution in [0.3, 0.4) is 0 Å². The molecular formula is C11H18NO3P. The molecular weight excluding hydrogens is 225 g/mol. The van der Waals surface area contributed by atoms with E-state index in [9.17, 15) is 4.57 Å². The van der Waals surface area contributed by atoms with E-state index < -0.39 is 14.3 Å². The lowest BCUT2D eigenvalue weighted by molar-refractivity contribution is 0.210. The molecule has 0 aliphatic rings. The maximum atomic E-state index is 12.1. The van der Waals surface area contributed by atoms with Gasteiger partial charge in [-0.1, -0.05) is 30.3 Å². The second-order valence-electron chi connectivity index (χ2n) is 3.02. The summed E-state index contributed by atoms with van der Waals surface area (Å²) in [6.07, 6.45) is 0. The van der Waals surface area contributed by atoms with Crippen LogP contribution < -0.4 is 5.09 Å². The number of nitrogens with one attached hydrogen (secondary N) is 1. The second-order valence-corrected chi connectivity index (χ2v) is 4.79. The molecule has 1 unspecified atom stereocenters. The number of rotatable bonds is 7. The van der Waals surface area contributed by atoms with Gasteiger partial charge in [0, 0.05) is 7.89 Å². The van der Waals surface area contributed by atoms with E-state index in [4.69, 9.17) is 10.4 Å². The summed E-state index contributed by atoms with van der Waals surface area (Å²) < 4.78 is 30.1. The molecule has 0 radical (unpaired) electrons. The lowest BCUT2D eigenvalue weighted by Gasteiger charge is -2.17. The van der Waals surface area contributed by atoms with Crippen LogP contribution in [0.1, 0.15) is 20.8 Å². The van der Waals surface area contributed by atoms with E-state index in [1.165, 1.54) is 0 Å². The standard InChI is InChI=1S/C11H18NO3P/c1-3-14-16(13,15-4-2)12-10-11-8-6-5-7-9-11/h5-9H,3-4,10H2,1-2H3,(H,12,13)/i10D. The van der Waals surface area contributed by atoms with Gasteiger partial charge in [-0.15, -0.1) is 0 Å². The van der Waals surface area contributed by atoms with Gasteiger partial charge >= 0.3 is 7.75 Å². The van der Waals surface area contributed by atoms with Gasteiger partial charge in [0.25, 0.3) is 0 Å². The van der Waals surface area contributed by atoms with E-state index in [0.717, 1.165) is 0 Å². The highest BCUT2D eigenvalue weighted by molar-refractivity contribution is 7.51. The van der Waals surface area contributed by atoms with E-state index in [1.807, 2.05) is 18.2 Å². The third kappa shape index (κ3) is 4.45. The van der Waals surface area contributed by atoms with Crippen LogP contribution in [0.5, 0.6) is 0 Å². The topological polar surface area (TPSA) is 47.6 Å². The van der Waals surface area contributed by atoms with Crippen molar-refractivity contribution in [1.29, 1.82) is 0 Å². The highest BCUT2D eigenvalue weighted by Crippen LogP contribution is 2.43. The Kier molecular flexibility index (Phi) is 5.03. The number of benzene rings is 1. The molecule has 0 saturated carbocycles. The van der Waals surface area contributed by atoms with Gasteiger partial charge in [0.15, 0.2) is 0 Å². The normalized spacial score (nSPS) is 14.5. The third-order valence-corrected chi connectivity index (χ3v) is 3.43. The largest absolute Gasteiger partial charge is 0.405 e. The van der Waals surface area contributed by atoms with Crippen LogP contribution in [0.25, 0.3) is 0 Å². The van der Waals surface area contributed by atoms with Crippen molar-refractivity contribution >= 4 is 7.75 Å². The van der Waals surface area contributed by atoms with Crippen LogP contribution in [0, 0.1) is 0 Å². The zero-order chi connectivity index (χ0) is 12.7. The molecule has 1 aromatic carbocycles. The summed E-state index contributed by atoms with van der Waals surface area (Å²) in [5.74, 6) is 0. The lowest BCUT2D eigenvalue weighted by atomic mass is 10.2. The first-order chi connectivity index (χ1) is 8.11. The van der Waals surface area contributed by atoms with Crippen molar-refractivity contribution in [3.05, 3.63) is 35.9 Å². The molecule has 0 aliphatic carbocycles. The number of hydrogen-bond donors (Lipinski definition) is 1. The highest BCUT2D eigenvalue weighted by Gasteiger charge is 2.22. The minimum Gasteiger partial charge on any atom is -0.297 e. The Bertz CT molecular complexity index is 364. The van der Waals surface area contributed by atoms with Crippen LogP contribution in [0.4, 0.5) is 0 Å². The average molecular weight is 244 g/mol. The highest BCUT2D eigenvalue weighted by atomic mass is 31.2. The van der Waals surface area contributed by atoms with Gasteiger partial charge in [-0.25, -0.2) is 9.65 Å². The fourth-order valence-corrected chi connectivity index (χ4v) is 2.37. The summed E-state index contributed by atoms with van der Waals surface area (Å²) in [6, 6.07) is 9.08. The minimum atomic E-state index is -3.38. The molecule has 5 heteroatoms. The summed E-state index contributed by atoms with van der Waals surface area (Å²) in [5.41, 5.74) is 0.715. The Morgan fingerprint density at radius 2 is 1.81 bits per heavy atom. The maximum Gasteiger partial charge on any atom is 0.405 e. The zero-order valence-electron chi connectivity index (χ0n) is 10.6. The van der Waals surface area contributed by atoms with Crippen molar-refractivity contribution in [2.45, 2.75) is 20.4 Å². The SMILES string of the molecule is [2H]C(NP(=O)(OCC)OCC)c1ccccc1. The Morgan fingerprint density at radius 1 is 1.25 bits per heavy atom. The lowest BCUT2D eigenvalue weighted by Crippen LogP contribution is -2.14. The van der Waals surface area contributed by atoms with Crippen molar-refractivity contribution in [3.63, 3.8) is 0 Å². The molecule has 4 nitrogen and oxygen atoms in total. The van der Waals surface area contributed by atoms with Gasteiger partial charge < -0.3 is 0 Å². The van der Waals surface area contributed by atoms with Gasteiger partial charge in [0.05, 0.1) is 13.2 Å². The molecule has 16 heavy (non-hydrogen) atoms. The van der Waals surface area contributed by atoms with Crippen molar-refractivity contribution in [1.82, 2.24) is 5.09 Å². The Hall–Kier alpha value is -0.670. The van der Waals surface area contributed by atoms with Gasteiger partial charge in [0.1, 0.15) is 0 Å². The van der Waals surface area contributed by atoms with Gasteiger partial charge in [0.2, 0.25) is 0 Å². The molecule has 0 spiro atoms. The Balaban J connectivity index is 2.71. The molecule has 90 valence electrons. The van der Waals surface area contributed by atoms with Crippen molar-refractivity contribution in [3.8, 4) is 0 Å². The summed E-state index contributed by atoms with van der Waals surface area (Å²) in [4.78, 5) is 0. The predicted octanol–water partition coefficient (Wildman–Crippen LogP) is 2.96. The zero-order valence-corrected chi connectivity index (χ0v) is 10.4. The average Bonchev–Trinajstić information content (AvgIpc) is 2.30. The van der Waals surface area contributed by atoms with E-state index in [0.29, 0.717) is 5.56 Å². The van der Waals surface area contributed by atoms with E-state index in [2.05, 4.69) is 5.09 Å². The quantitative estimate of drug-likeness (QED) is 0.749. The molecule has 1 N–H and O–H groups in total. The molecule has 0 fully saturated rings. The fraction of sp³-hybridized carbons (Fsp3) is 0.455. The molecule has 0 amide bonds. The molecule has 0 aromatic heterocycles. The molecule has 1 aromatic rings. The van der Waals surface area contributed by atoms with Crippen LogP contribution in [0.2, 0.25) is 0 Å². The molecule has 0 saturated heterocycles. The van der Waals surface area contributed by atoms with Crippen molar-refractivity contribution in [2.75, 3.05) is 13.2 Å². The third-order valence-electron chi connectivity index (χ3n) is 1.79. The van der Waals surface area contributed by atoms with Gasteiger partial charge in [-0.3, -0.25) is 9.05 Å². The molecule has 1 atom stereocenters. The summed E-state index contributed by atoms with van der Waals surface area (Å²) >= 11 is 0. The van der Waals surface area contributed by atoms with E-state index >= 15 is 0 Å². The monoisotopic (exact) mass is 244 g/mol. The molecule has 1 rings (SSSR count). The summed E-state index contributed by atoms with van der Waals surface area (Å²) in [5, 5.41) is 2.59. The van der Waals surface area contributed by atoms with Crippen LogP contribution in [-0.4, -0.2) is 13.2 Å². The fourth-order valence-electron chi connectivity index (χ4n) is 1.15. The molecule has 0 aliphatic heterocycles. The van der Waals surface area contributed by atoms with Crippen molar-refractivity contribution < 1.29 is 15.0 Å². The van der Waals surface area contributed by atoms with Crippen LogP contribution in [0.15, 0.2) is 30.3 Å². The first-order valence-corrected chi connectivity index (χ1v) is 6.79. The van der Waals surface area contributed by atoms with Crippen LogP contribution in [-0.2, 0) is 20.1 Å². The first-order valence-electron chi connectivity index (χ1n) is 5.83. The van der Waals surface area contributed by atoms with Crippen LogP contribution >= 0.6 is 7.75 Å². The van der Waals surface area contributed by atoms with Gasteiger partial charge in [-0.2, -0.15) is 0 Å². The first kappa shape index (κ1) is 11.8. The summed E-state index contributed by atoms with van der Waals surface area (Å²) in [6.45, 7) is 3.17. The van der Waals surface area contributed by atoms with Crippen molar-refractivity contribution in [2.24, 2.45) is 0 Å². The second kappa shape index (κ2) is 6.81. The smallest absolute Gasteiger partial charge is 0.297 e. The van der Waals surface area contributed by atoms with E-state index in [-0.39, 0.29) is 13.2 Å². The van der Waals surface area contributed by atoms with Gasteiger partial charge in [-0.05, 0) is 19.4 Å². The minimum absolute atomic E-state index is 0.270.